The number of Topliss-reactive ketones (excluding diaryl/α,β-unsaturated/α-hetero) is 1. The number of aliphatic hydroxyl groups excluding tert-OH is 1. The fourth-order valence-electron chi connectivity index (χ4n) is 7.60. The molecule has 5 nitrogen and oxygen atoms in total. The van der Waals surface area contributed by atoms with Crippen LogP contribution in [-0.2, 0) is 23.1 Å². The highest BCUT2D eigenvalue weighted by Gasteiger charge is 2.76. The Bertz CT molecular complexity index is 879. The zero-order valence-electron chi connectivity index (χ0n) is 15.8. The molecular weight excluding hydrogens is 342 g/mol. The Hall–Kier alpha value is -1.43. The van der Waals surface area contributed by atoms with Gasteiger partial charge in [0.05, 0.1) is 20.1 Å². The summed E-state index contributed by atoms with van der Waals surface area (Å²) in [5.41, 5.74) is 1.37. The van der Waals surface area contributed by atoms with Gasteiger partial charge in [-0.25, -0.2) is 0 Å². The van der Waals surface area contributed by atoms with E-state index in [1.807, 2.05) is 6.07 Å². The molecule has 0 radical (unpaired) electrons. The molecule has 3 fully saturated rings. The standard InChI is InChI=1S/C22H27NO4/c1-23(11-12-2-3-12)7-6-21-15-9-14-16(24)5-4-13(19(14)21)8-18(23)22(21,27)10-17(25)20(15)26/h4-5,12,15,17-18,25,27H,2-3,6-11H2,1H3/p+1/t15?,17?,18-,21-,22-,23-/m1/s1. The third-order valence-electron chi connectivity index (χ3n) is 8.88. The van der Waals surface area contributed by atoms with Crippen LogP contribution < -0.4 is 0 Å². The molecule has 0 aromatic heterocycles. The fraction of sp³-hybridized carbons (Fsp3) is 0.682. The summed E-state index contributed by atoms with van der Waals surface area (Å²) in [4.78, 5) is 13.0. The van der Waals surface area contributed by atoms with Gasteiger partial charge >= 0.3 is 0 Å². The summed E-state index contributed by atoms with van der Waals surface area (Å²) in [7, 11) is 2.27. The average Bonchev–Trinajstić information content (AvgIpc) is 3.34. The Morgan fingerprint density at radius 3 is 2.78 bits per heavy atom. The van der Waals surface area contributed by atoms with Crippen LogP contribution in [0.3, 0.4) is 0 Å². The summed E-state index contributed by atoms with van der Waals surface area (Å²) in [5.74, 6) is 0.436. The molecule has 1 aliphatic heterocycles. The molecule has 1 heterocycles. The maximum absolute atomic E-state index is 13.0. The minimum atomic E-state index is -1.10. The lowest BCUT2D eigenvalue weighted by molar-refractivity contribution is -0.950. The average molecular weight is 370 g/mol. The summed E-state index contributed by atoms with van der Waals surface area (Å²) in [6.07, 6.45) is 3.58. The van der Waals surface area contributed by atoms with Gasteiger partial charge in [0.15, 0.2) is 5.78 Å². The highest BCUT2D eigenvalue weighted by molar-refractivity contribution is 5.91. The molecule has 5 heteroatoms. The van der Waals surface area contributed by atoms with Gasteiger partial charge in [-0.3, -0.25) is 4.79 Å². The first kappa shape index (κ1) is 16.5. The largest absolute Gasteiger partial charge is 0.508 e. The van der Waals surface area contributed by atoms with E-state index in [0.717, 1.165) is 47.5 Å². The minimum absolute atomic E-state index is 0.0000860. The van der Waals surface area contributed by atoms with Gasteiger partial charge < -0.3 is 19.8 Å². The minimum Gasteiger partial charge on any atom is -0.508 e. The Morgan fingerprint density at radius 2 is 2.04 bits per heavy atom. The van der Waals surface area contributed by atoms with Crippen molar-refractivity contribution in [2.75, 3.05) is 20.1 Å². The summed E-state index contributed by atoms with van der Waals surface area (Å²) in [6, 6.07) is 3.77. The molecule has 27 heavy (non-hydrogen) atoms. The molecule has 5 aliphatic rings. The van der Waals surface area contributed by atoms with Crippen molar-refractivity contribution in [2.45, 2.75) is 61.7 Å². The van der Waals surface area contributed by atoms with Crippen molar-refractivity contribution in [1.82, 2.24) is 0 Å². The van der Waals surface area contributed by atoms with Gasteiger partial charge in [-0.15, -0.1) is 0 Å². The molecule has 2 bridgehead atoms. The molecule has 2 unspecified atom stereocenters. The summed E-state index contributed by atoms with van der Waals surface area (Å²) in [5, 5.41) is 33.4. The quantitative estimate of drug-likeness (QED) is 0.680. The molecule has 144 valence electrons. The summed E-state index contributed by atoms with van der Waals surface area (Å²) in [6.45, 7) is 2.04. The van der Waals surface area contributed by atoms with Crippen LogP contribution in [0.1, 0.15) is 42.4 Å². The number of carbonyl (C=O) groups excluding carboxylic acids is 1. The number of aromatic hydroxyl groups is 1. The van der Waals surface area contributed by atoms with Gasteiger partial charge in [0, 0.05) is 36.5 Å². The fourth-order valence-corrected chi connectivity index (χ4v) is 7.60. The molecule has 0 amide bonds. The molecule has 4 aliphatic carbocycles. The summed E-state index contributed by atoms with van der Waals surface area (Å²) >= 11 is 0. The first-order chi connectivity index (χ1) is 12.8. The first-order valence-corrected chi connectivity index (χ1v) is 10.4. The summed E-state index contributed by atoms with van der Waals surface area (Å²) < 4.78 is 0.839. The monoisotopic (exact) mass is 370 g/mol. The molecule has 1 saturated heterocycles. The van der Waals surface area contributed by atoms with Crippen LogP contribution in [0.25, 0.3) is 0 Å². The maximum atomic E-state index is 13.0. The topological polar surface area (TPSA) is 77.8 Å². The highest BCUT2D eigenvalue weighted by Crippen LogP contribution is 2.66. The number of phenolic OH excluding ortho intramolecular Hbond substituents is 1. The van der Waals surface area contributed by atoms with Crippen molar-refractivity contribution in [3.8, 4) is 5.75 Å². The van der Waals surface area contributed by atoms with Crippen LogP contribution in [0.2, 0.25) is 0 Å². The zero-order valence-corrected chi connectivity index (χ0v) is 15.8. The number of aliphatic hydroxyl groups is 2. The number of piperidine rings is 1. The number of hydrogen-bond acceptors (Lipinski definition) is 4. The molecule has 1 aromatic carbocycles. The lowest BCUT2D eigenvalue weighted by Crippen LogP contribution is -2.81. The maximum Gasteiger partial charge on any atom is 0.165 e. The van der Waals surface area contributed by atoms with E-state index in [4.69, 9.17) is 0 Å². The van der Waals surface area contributed by atoms with Gasteiger partial charge in [-0.1, -0.05) is 6.07 Å². The zero-order chi connectivity index (χ0) is 18.8. The molecule has 1 aromatic rings. The number of nitrogens with zero attached hydrogens (tertiary/aromatic N) is 1. The molecule has 1 spiro atoms. The highest BCUT2D eigenvalue weighted by atomic mass is 16.3. The van der Waals surface area contributed by atoms with E-state index in [1.165, 1.54) is 18.4 Å². The van der Waals surface area contributed by atoms with E-state index in [2.05, 4.69) is 7.05 Å². The van der Waals surface area contributed by atoms with Crippen molar-refractivity contribution < 1.29 is 24.6 Å². The molecular formula is C22H28NO4+. The predicted octanol–water partition coefficient (Wildman–Crippen LogP) is 1.05. The second kappa shape index (κ2) is 4.76. The Balaban J connectivity index is 1.61. The van der Waals surface area contributed by atoms with Crippen molar-refractivity contribution in [1.29, 1.82) is 0 Å². The molecule has 6 rings (SSSR count). The molecule has 6 atom stereocenters. The normalized spacial score (nSPS) is 47.1. The van der Waals surface area contributed by atoms with Crippen molar-refractivity contribution in [2.24, 2.45) is 11.8 Å². The van der Waals surface area contributed by atoms with E-state index in [-0.39, 0.29) is 24.0 Å². The van der Waals surface area contributed by atoms with E-state index in [0.29, 0.717) is 6.42 Å². The number of hydrogen-bond donors (Lipinski definition) is 3. The number of quaternary nitrogens is 1. The van der Waals surface area contributed by atoms with E-state index in [1.54, 1.807) is 6.07 Å². The van der Waals surface area contributed by atoms with Crippen LogP contribution in [0.15, 0.2) is 12.1 Å². The number of ketones is 1. The number of carbonyl (C=O) groups is 1. The van der Waals surface area contributed by atoms with Crippen LogP contribution in [-0.4, -0.2) is 63.5 Å². The Kier molecular flexibility index (Phi) is 2.91. The Labute approximate surface area is 159 Å². The van der Waals surface area contributed by atoms with E-state index >= 15 is 0 Å². The van der Waals surface area contributed by atoms with Crippen molar-refractivity contribution >= 4 is 5.78 Å². The second-order valence-electron chi connectivity index (χ2n) is 10.2. The number of likely N-dealkylation sites (N-methyl/N-ethyl adjacent to an activating group) is 1. The van der Waals surface area contributed by atoms with Gasteiger partial charge in [0.1, 0.15) is 23.5 Å². The van der Waals surface area contributed by atoms with Crippen LogP contribution in [0, 0.1) is 11.8 Å². The number of likely N-dealkylation sites (tertiary alicyclic amines) is 1. The van der Waals surface area contributed by atoms with Crippen LogP contribution in [0.4, 0.5) is 0 Å². The third-order valence-corrected chi connectivity index (χ3v) is 8.88. The van der Waals surface area contributed by atoms with Crippen molar-refractivity contribution in [3.05, 3.63) is 28.8 Å². The second-order valence-corrected chi connectivity index (χ2v) is 10.2. The lowest BCUT2D eigenvalue weighted by Gasteiger charge is -2.66. The van der Waals surface area contributed by atoms with Crippen LogP contribution >= 0.6 is 0 Å². The van der Waals surface area contributed by atoms with E-state index in [9.17, 15) is 20.1 Å². The smallest absolute Gasteiger partial charge is 0.165 e. The molecule has 2 saturated carbocycles. The van der Waals surface area contributed by atoms with Crippen molar-refractivity contribution in [3.63, 3.8) is 0 Å². The number of phenols is 1. The van der Waals surface area contributed by atoms with Gasteiger partial charge in [-0.2, -0.15) is 0 Å². The predicted molar refractivity (Wildman–Crippen MR) is 98.3 cm³/mol. The SMILES string of the molecule is C[N@+]1(CC2CC2)CC[C@]23c4c5ccc(O)c4CC2C(=O)C(O)C[C@@]3(O)[C@H]1C5. The van der Waals surface area contributed by atoms with Gasteiger partial charge in [-0.05, 0) is 42.0 Å². The van der Waals surface area contributed by atoms with E-state index < -0.39 is 23.0 Å². The van der Waals surface area contributed by atoms with Gasteiger partial charge in [0.2, 0.25) is 0 Å². The van der Waals surface area contributed by atoms with Crippen LogP contribution in [0.5, 0.6) is 5.75 Å². The Morgan fingerprint density at radius 1 is 1.26 bits per heavy atom. The number of benzene rings is 1. The number of rotatable bonds is 2. The third kappa shape index (κ3) is 1.75. The lowest BCUT2D eigenvalue weighted by atomic mass is 9.47. The van der Waals surface area contributed by atoms with Gasteiger partial charge in [0.25, 0.3) is 0 Å². The molecule has 3 N–H and O–H groups in total. The first-order valence-electron chi connectivity index (χ1n) is 10.4.